The lowest BCUT2D eigenvalue weighted by Gasteiger charge is -2.30. The van der Waals surface area contributed by atoms with Crippen LogP contribution in [0, 0.1) is 5.92 Å². The molecule has 1 aromatic rings. The minimum absolute atomic E-state index is 0.0234. The maximum Gasteiger partial charge on any atom is 0.251 e. The Kier molecular flexibility index (Phi) is 3.53. The first-order valence-corrected chi connectivity index (χ1v) is 6.95. The van der Waals surface area contributed by atoms with Crippen LogP contribution >= 0.6 is 0 Å². The number of amides is 1. The molecule has 0 aromatic heterocycles. The van der Waals surface area contributed by atoms with Crippen molar-refractivity contribution in [2.45, 2.75) is 32.6 Å². The zero-order valence-electron chi connectivity index (χ0n) is 11.2. The highest BCUT2D eigenvalue weighted by Crippen LogP contribution is 2.21. The van der Waals surface area contributed by atoms with E-state index in [0.29, 0.717) is 19.1 Å². The normalized spacial score (nSPS) is 25.9. The number of piperidine rings is 1. The lowest BCUT2D eigenvalue weighted by Crippen LogP contribution is -2.50. The number of carbonyl (C=O) groups excluding carboxylic acids is 1. The van der Waals surface area contributed by atoms with Crippen molar-refractivity contribution in [3.8, 4) is 0 Å². The van der Waals surface area contributed by atoms with Crippen molar-refractivity contribution < 1.29 is 9.53 Å². The maximum absolute atomic E-state index is 12.3. The molecule has 2 unspecified atom stereocenters. The van der Waals surface area contributed by atoms with Gasteiger partial charge in [0.2, 0.25) is 0 Å². The van der Waals surface area contributed by atoms with E-state index in [-0.39, 0.29) is 11.9 Å². The van der Waals surface area contributed by atoms with Crippen molar-refractivity contribution in [3.63, 3.8) is 0 Å². The fourth-order valence-electron chi connectivity index (χ4n) is 2.75. The van der Waals surface area contributed by atoms with Crippen LogP contribution in [-0.2, 0) is 18.0 Å². The van der Waals surface area contributed by atoms with Crippen LogP contribution in [0.4, 0.5) is 0 Å². The number of carbonyl (C=O) groups is 1. The highest BCUT2D eigenvalue weighted by molar-refractivity contribution is 5.94. The van der Waals surface area contributed by atoms with Crippen LogP contribution in [0.25, 0.3) is 0 Å². The molecule has 2 atom stereocenters. The third kappa shape index (κ3) is 2.65. The average Bonchev–Trinajstić information content (AvgIpc) is 2.88. The third-order valence-corrected chi connectivity index (χ3v) is 4.13. The summed E-state index contributed by atoms with van der Waals surface area (Å²) in [7, 11) is 0. The summed E-state index contributed by atoms with van der Waals surface area (Å²) < 4.78 is 5.37. The number of benzene rings is 1. The standard InChI is InChI=1S/C15H20N2O2/c1-10-4-5-16-7-14(10)17-15(18)11-2-3-12-8-19-9-13(12)6-11/h2-3,6,10,14,16H,4-5,7-9H2,1H3,(H,17,18). The van der Waals surface area contributed by atoms with Gasteiger partial charge in [-0.25, -0.2) is 0 Å². The Morgan fingerprint density at radius 2 is 2.21 bits per heavy atom. The van der Waals surface area contributed by atoms with Gasteiger partial charge in [-0.1, -0.05) is 13.0 Å². The Morgan fingerprint density at radius 1 is 1.37 bits per heavy atom. The zero-order valence-corrected chi connectivity index (χ0v) is 11.2. The van der Waals surface area contributed by atoms with Crippen molar-refractivity contribution in [3.05, 3.63) is 34.9 Å². The lowest BCUT2D eigenvalue weighted by atomic mass is 9.94. The van der Waals surface area contributed by atoms with Gasteiger partial charge in [-0.2, -0.15) is 0 Å². The first-order chi connectivity index (χ1) is 9.24. The second-order valence-electron chi connectivity index (χ2n) is 5.53. The van der Waals surface area contributed by atoms with Crippen LogP contribution in [0.1, 0.15) is 34.8 Å². The fourth-order valence-corrected chi connectivity index (χ4v) is 2.75. The number of rotatable bonds is 2. The van der Waals surface area contributed by atoms with Gasteiger partial charge in [-0.3, -0.25) is 4.79 Å². The molecule has 19 heavy (non-hydrogen) atoms. The summed E-state index contributed by atoms with van der Waals surface area (Å²) in [4.78, 5) is 12.3. The third-order valence-electron chi connectivity index (χ3n) is 4.13. The van der Waals surface area contributed by atoms with E-state index < -0.39 is 0 Å². The van der Waals surface area contributed by atoms with E-state index in [0.717, 1.165) is 30.6 Å². The lowest BCUT2D eigenvalue weighted by molar-refractivity contribution is 0.0915. The molecule has 0 spiro atoms. The molecule has 1 fully saturated rings. The topological polar surface area (TPSA) is 50.4 Å². The molecule has 0 saturated carbocycles. The Balaban J connectivity index is 1.70. The van der Waals surface area contributed by atoms with E-state index >= 15 is 0 Å². The van der Waals surface area contributed by atoms with Crippen LogP contribution in [0.3, 0.4) is 0 Å². The Bertz CT molecular complexity index is 487. The summed E-state index contributed by atoms with van der Waals surface area (Å²) in [6, 6.07) is 6.08. The molecule has 1 aromatic carbocycles. The fraction of sp³-hybridized carbons (Fsp3) is 0.533. The molecule has 1 amide bonds. The largest absolute Gasteiger partial charge is 0.372 e. The van der Waals surface area contributed by atoms with Gasteiger partial charge in [-0.15, -0.1) is 0 Å². The molecule has 3 rings (SSSR count). The molecule has 4 heteroatoms. The van der Waals surface area contributed by atoms with E-state index in [1.807, 2.05) is 18.2 Å². The SMILES string of the molecule is CC1CCNCC1NC(=O)c1ccc2c(c1)COC2. The van der Waals surface area contributed by atoms with Gasteiger partial charge in [0.05, 0.1) is 13.2 Å². The predicted molar refractivity (Wildman–Crippen MR) is 72.8 cm³/mol. The van der Waals surface area contributed by atoms with Crippen LogP contribution in [0.5, 0.6) is 0 Å². The molecular formula is C15H20N2O2. The van der Waals surface area contributed by atoms with Crippen molar-refractivity contribution in [2.24, 2.45) is 5.92 Å². The van der Waals surface area contributed by atoms with E-state index in [4.69, 9.17) is 4.74 Å². The van der Waals surface area contributed by atoms with Gasteiger partial charge in [-0.05, 0) is 42.1 Å². The Morgan fingerprint density at radius 3 is 3.05 bits per heavy atom. The minimum Gasteiger partial charge on any atom is -0.372 e. The van der Waals surface area contributed by atoms with Crippen molar-refractivity contribution >= 4 is 5.91 Å². The number of ether oxygens (including phenoxy) is 1. The first-order valence-electron chi connectivity index (χ1n) is 6.95. The van der Waals surface area contributed by atoms with Gasteiger partial charge in [0.1, 0.15) is 0 Å². The maximum atomic E-state index is 12.3. The molecule has 2 N–H and O–H groups in total. The molecular weight excluding hydrogens is 240 g/mol. The van der Waals surface area contributed by atoms with Crippen molar-refractivity contribution in [1.82, 2.24) is 10.6 Å². The number of hydrogen-bond acceptors (Lipinski definition) is 3. The smallest absolute Gasteiger partial charge is 0.251 e. The molecule has 0 bridgehead atoms. The molecule has 1 saturated heterocycles. The monoisotopic (exact) mass is 260 g/mol. The highest BCUT2D eigenvalue weighted by Gasteiger charge is 2.23. The summed E-state index contributed by atoms with van der Waals surface area (Å²) >= 11 is 0. The number of nitrogens with one attached hydrogen (secondary N) is 2. The van der Waals surface area contributed by atoms with Crippen LogP contribution in [0.15, 0.2) is 18.2 Å². The average molecular weight is 260 g/mol. The van der Waals surface area contributed by atoms with E-state index in [2.05, 4.69) is 17.6 Å². The van der Waals surface area contributed by atoms with Crippen LogP contribution in [-0.4, -0.2) is 25.0 Å². The molecule has 102 valence electrons. The molecule has 2 heterocycles. The Labute approximate surface area is 113 Å². The molecule has 2 aliphatic heterocycles. The summed E-state index contributed by atoms with van der Waals surface area (Å²) in [6.07, 6.45) is 1.11. The van der Waals surface area contributed by atoms with Gasteiger partial charge in [0.15, 0.2) is 0 Å². The summed E-state index contributed by atoms with van der Waals surface area (Å²) in [5.41, 5.74) is 3.08. The Hall–Kier alpha value is -1.39. The second-order valence-corrected chi connectivity index (χ2v) is 5.53. The van der Waals surface area contributed by atoms with Crippen molar-refractivity contribution in [2.75, 3.05) is 13.1 Å². The second kappa shape index (κ2) is 5.31. The van der Waals surface area contributed by atoms with E-state index in [1.54, 1.807) is 0 Å². The van der Waals surface area contributed by atoms with E-state index in [9.17, 15) is 4.79 Å². The summed E-state index contributed by atoms with van der Waals surface area (Å²) in [6.45, 7) is 5.39. The van der Waals surface area contributed by atoms with Crippen LogP contribution in [0.2, 0.25) is 0 Å². The van der Waals surface area contributed by atoms with Crippen molar-refractivity contribution in [1.29, 1.82) is 0 Å². The quantitative estimate of drug-likeness (QED) is 0.846. The molecule has 4 nitrogen and oxygen atoms in total. The predicted octanol–water partition coefficient (Wildman–Crippen LogP) is 1.44. The summed E-state index contributed by atoms with van der Waals surface area (Å²) in [5, 5.41) is 6.46. The van der Waals surface area contributed by atoms with Gasteiger partial charge < -0.3 is 15.4 Å². The highest BCUT2D eigenvalue weighted by atomic mass is 16.5. The molecule has 2 aliphatic rings. The molecule has 0 aliphatic carbocycles. The van der Waals surface area contributed by atoms with Crippen LogP contribution < -0.4 is 10.6 Å². The van der Waals surface area contributed by atoms with E-state index in [1.165, 1.54) is 5.56 Å². The molecule has 0 radical (unpaired) electrons. The number of hydrogen-bond donors (Lipinski definition) is 2. The zero-order chi connectivity index (χ0) is 13.2. The van der Waals surface area contributed by atoms with Gasteiger partial charge in [0.25, 0.3) is 5.91 Å². The van der Waals surface area contributed by atoms with Gasteiger partial charge >= 0.3 is 0 Å². The minimum atomic E-state index is 0.0234. The van der Waals surface area contributed by atoms with Gasteiger partial charge in [0, 0.05) is 18.2 Å². The number of fused-ring (bicyclic) bond motifs is 1. The first kappa shape index (κ1) is 12.6. The summed E-state index contributed by atoms with van der Waals surface area (Å²) in [5.74, 6) is 0.554.